The molecule has 19 heavy (non-hydrogen) atoms. The van der Waals surface area contributed by atoms with E-state index in [2.05, 4.69) is 19.1 Å². The first-order valence-corrected chi connectivity index (χ1v) is 7.25. The van der Waals surface area contributed by atoms with Gasteiger partial charge in [-0.1, -0.05) is 32.4 Å². The fourth-order valence-corrected chi connectivity index (χ4v) is 2.02. The highest BCUT2D eigenvalue weighted by Crippen LogP contribution is 2.16. The summed E-state index contributed by atoms with van der Waals surface area (Å²) < 4.78 is 5.69. The van der Waals surface area contributed by atoms with Crippen molar-refractivity contribution < 1.29 is 9.84 Å². The van der Waals surface area contributed by atoms with Gasteiger partial charge in [-0.15, -0.1) is 0 Å². The molecular weight excluding hydrogens is 238 g/mol. The van der Waals surface area contributed by atoms with E-state index in [1.165, 1.54) is 5.56 Å². The Morgan fingerprint density at radius 3 is 2.42 bits per heavy atom. The molecule has 3 nitrogen and oxygen atoms in total. The second-order valence-corrected chi connectivity index (χ2v) is 5.22. The summed E-state index contributed by atoms with van der Waals surface area (Å²) in [5.41, 5.74) is 6.92. The van der Waals surface area contributed by atoms with Crippen LogP contribution in [0.1, 0.15) is 45.1 Å². The van der Waals surface area contributed by atoms with E-state index >= 15 is 0 Å². The fourth-order valence-electron chi connectivity index (χ4n) is 2.02. The van der Waals surface area contributed by atoms with Crippen molar-refractivity contribution >= 4 is 0 Å². The number of hydrogen-bond acceptors (Lipinski definition) is 3. The SMILES string of the molecule is CCCc1ccc(OCCCC(N)(CC)CO)cc1. The topological polar surface area (TPSA) is 55.5 Å². The van der Waals surface area contributed by atoms with Gasteiger partial charge in [0.2, 0.25) is 0 Å². The molecule has 0 amide bonds. The third-order valence-electron chi connectivity index (χ3n) is 3.57. The molecule has 1 aromatic carbocycles. The third-order valence-corrected chi connectivity index (χ3v) is 3.57. The number of aliphatic hydroxyl groups excluding tert-OH is 1. The van der Waals surface area contributed by atoms with Crippen LogP contribution in [0.5, 0.6) is 5.75 Å². The van der Waals surface area contributed by atoms with Crippen molar-refractivity contribution in [3.63, 3.8) is 0 Å². The van der Waals surface area contributed by atoms with E-state index in [1.54, 1.807) is 0 Å². The molecule has 108 valence electrons. The number of nitrogens with two attached hydrogens (primary N) is 1. The summed E-state index contributed by atoms with van der Waals surface area (Å²) in [6.45, 7) is 4.86. The highest BCUT2D eigenvalue weighted by atomic mass is 16.5. The number of hydrogen-bond donors (Lipinski definition) is 2. The molecule has 1 unspecified atom stereocenters. The van der Waals surface area contributed by atoms with E-state index in [1.807, 2.05) is 19.1 Å². The van der Waals surface area contributed by atoms with Crippen molar-refractivity contribution in [3.8, 4) is 5.75 Å². The van der Waals surface area contributed by atoms with Gasteiger partial charge in [0.05, 0.1) is 13.2 Å². The Hall–Kier alpha value is -1.06. The molecule has 0 saturated heterocycles. The maximum absolute atomic E-state index is 9.22. The van der Waals surface area contributed by atoms with Gasteiger partial charge in [-0.2, -0.15) is 0 Å². The maximum atomic E-state index is 9.22. The lowest BCUT2D eigenvalue weighted by molar-refractivity contribution is 0.171. The van der Waals surface area contributed by atoms with E-state index in [9.17, 15) is 5.11 Å². The lowest BCUT2D eigenvalue weighted by atomic mass is 9.93. The Balaban J connectivity index is 2.29. The monoisotopic (exact) mass is 265 g/mol. The lowest BCUT2D eigenvalue weighted by Gasteiger charge is -2.25. The largest absolute Gasteiger partial charge is 0.494 e. The van der Waals surface area contributed by atoms with Gasteiger partial charge in [0.15, 0.2) is 0 Å². The van der Waals surface area contributed by atoms with Crippen molar-refractivity contribution in [1.29, 1.82) is 0 Å². The third kappa shape index (κ3) is 5.62. The molecule has 0 aromatic heterocycles. The molecule has 0 aliphatic heterocycles. The fraction of sp³-hybridized carbons (Fsp3) is 0.625. The average molecular weight is 265 g/mol. The van der Waals surface area contributed by atoms with Crippen molar-refractivity contribution in [2.24, 2.45) is 5.73 Å². The van der Waals surface area contributed by atoms with Crippen LogP contribution in [0.15, 0.2) is 24.3 Å². The second kappa shape index (κ2) is 8.18. The van der Waals surface area contributed by atoms with E-state index in [4.69, 9.17) is 10.5 Å². The van der Waals surface area contributed by atoms with Gasteiger partial charge in [0.1, 0.15) is 5.75 Å². The van der Waals surface area contributed by atoms with Crippen molar-refractivity contribution in [2.45, 2.75) is 51.5 Å². The first-order valence-electron chi connectivity index (χ1n) is 7.25. The van der Waals surface area contributed by atoms with Gasteiger partial charge in [-0.05, 0) is 43.4 Å². The van der Waals surface area contributed by atoms with E-state index in [0.717, 1.165) is 37.9 Å². The predicted octanol–water partition coefficient (Wildman–Crippen LogP) is 2.90. The Kier molecular flexibility index (Phi) is 6.89. The Bertz CT molecular complexity index is 344. The van der Waals surface area contributed by atoms with Crippen LogP contribution < -0.4 is 10.5 Å². The number of aryl methyl sites for hydroxylation is 1. The standard InChI is InChI=1S/C16H27NO2/c1-3-6-14-7-9-15(10-8-14)19-12-5-11-16(17,4-2)13-18/h7-10,18H,3-6,11-13,17H2,1-2H3. The van der Waals surface area contributed by atoms with Gasteiger partial charge in [0.25, 0.3) is 0 Å². The lowest BCUT2D eigenvalue weighted by Crippen LogP contribution is -2.43. The van der Waals surface area contributed by atoms with Crippen LogP contribution in [-0.4, -0.2) is 23.9 Å². The molecule has 0 fully saturated rings. The molecule has 1 aromatic rings. The van der Waals surface area contributed by atoms with Crippen LogP contribution in [0.25, 0.3) is 0 Å². The predicted molar refractivity (Wildman–Crippen MR) is 79.5 cm³/mol. The molecule has 0 bridgehead atoms. The quantitative estimate of drug-likeness (QED) is 0.675. The summed E-state index contributed by atoms with van der Waals surface area (Å²) in [5.74, 6) is 0.906. The molecular formula is C16H27NO2. The molecule has 0 heterocycles. The van der Waals surface area contributed by atoms with Crippen LogP contribution in [0, 0.1) is 0 Å². The molecule has 3 heteroatoms. The summed E-state index contributed by atoms with van der Waals surface area (Å²) in [6, 6.07) is 8.27. The number of aliphatic hydroxyl groups is 1. The van der Waals surface area contributed by atoms with Crippen molar-refractivity contribution in [2.75, 3.05) is 13.2 Å². The highest BCUT2D eigenvalue weighted by Gasteiger charge is 2.20. The summed E-state index contributed by atoms with van der Waals surface area (Å²) in [5, 5.41) is 9.22. The normalized spacial score (nSPS) is 14.1. The zero-order valence-corrected chi connectivity index (χ0v) is 12.2. The van der Waals surface area contributed by atoms with Gasteiger partial charge >= 0.3 is 0 Å². The molecule has 0 aliphatic carbocycles. The minimum atomic E-state index is -0.450. The zero-order valence-electron chi connectivity index (χ0n) is 12.2. The highest BCUT2D eigenvalue weighted by molar-refractivity contribution is 5.27. The molecule has 0 radical (unpaired) electrons. The van der Waals surface area contributed by atoms with E-state index < -0.39 is 5.54 Å². The molecule has 1 atom stereocenters. The van der Waals surface area contributed by atoms with Crippen molar-refractivity contribution in [1.82, 2.24) is 0 Å². The minimum Gasteiger partial charge on any atom is -0.494 e. The Morgan fingerprint density at radius 2 is 1.89 bits per heavy atom. The smallest absolute Gasteiger partial charge is 0.119 e. The summed E-state index contributed by atoms with van der Waals surface area (Å²) >= 11 is 0. The van der Waals surface area contributed by atoms with Gasteiger partial charge in [0, 0.05) is 5.54 Å². The Labute approximate surface area is 116 Å². The van der Waals surface area contributed by atoms with Crippen LogP contribution >= 0.6 is 0 Å². The molecule has 0 aliphatic rings. The van der Waals surface area contributed by atoms with Gasteiger partial charge in [-0.3, -0.25) is 0 Å². The summed E-state index contributed by atoms with van der Waals surface area (Å²) in [7, 11) is 0. The molecule has 1 rings (SSSR count). The van der Waals surface area contributed by atoms with Crippen LogP contribution in [0.2, 0.25) is 0 Å². The van der Waals surface area contributed by atoms with Crippen LogP contribution in [0.3, 0.4) is 0 Å². The number of rotatable bonds is 9. The first-order chi connectivity index (χ1) is 9.13. The number of benzene rings is 1. The van der Waals surface area contributed by atoms with Gasteiger partial charge in [-0.25, -0.2) is 0 Å². The van der Waals surface area contributed by atoms with Crippen LogP contribution in [-0.2, 0) is 6.42 Å². The molecule has 3 N–H and O–H groups in total. The summed E-state index contributed by atoms with van der Waals surface area (Å²) in [4.78, 5) is 0. The average Bonchev–Trinajstić information content (AvgIpc) is 2.45. The molecule has 0 spiro atoms. The van der Waals surface area contributed by atoms with Crippen molar-refractivity contribution in [3.05, 3.63) is 29.8 Å². The zero-order chi connectivity index (χ0) is 14.1. The van der Waals surface area contributed by atoms with E-state index in [-0.39, 0.29) is 6.61 Å². The Morgan fingerprint density at radius 1 is 1.21 bits per heavy atom. The maximum Gasteiger partial charge on any atom is 0.119 e. The molecule has 0 saturated carbocycles. The minimum absolute atomic E-state index is 0.0369. The second-order valence-electron chi connectivity index (χ2n) is 5.22. The first kappa shape index (κ1) is 16.0. The summed E-state index contributed by atoms with van der Waals surface area (Å²) in [6.07, 6.45) is 4.71. The van der Waals surface area contributed by atoms with Gasteiger partial charge < -0.3 is 15.6 Å². The van der Waals surface area contributed by atoms with Crippen LogP contribution in [0.4, 0.5) is 0 Å². The number of ether oxygens (including phenoxy) is 1. The van der Waals surface area contributed by atoms with E-state index in [0.29, 0.717) is 6.61 Å².